The first-order chi connectivity index (χ1) is 11.1. The van der Waals surface area contributed by atoms with Gasteiger partial charge < -0.3 is 4.74 Å². The second-order valence-electron chi connectivity index (χ2n) is 4.66. The summed E-state index contributed by atoms with van der Waals surface area (Å²) >= 11 is 0. The highest BCUT2D eigenvalue weighted by atomic mass is 19.1. The van der Waals surface area contributed by atoms with Crippen LogP contribution < -0.4 is 5.32 Å². The quantitative estimate of drug-likeness (QED) is 0.525. The van der Waals surface area contributed by atoms with Crippen LogP contribution in [0.15, 0.2) is 53.7 Å². The third-order valence-corrected chi connectivity index (χ3v) is 3.16. The zero-order valence-corrected chi connectivity index (χ0v) is 11.8. The molecule has 7 heteroatoms. The van der Waals surface area contributed by atoms with E-state index >= 15 is 0 Å². The van der Waals surface area contributed by atoms with Gasteiger partial charge in [0.2, 0.25) is 0 Å². The number of esters is 1. The van der Waals surface area contributed by atoms with E-state index in [2.05, 4.69) is 15.3 Å². The fraction of sp³-hybridized carbons (Fsp3) is 0.0625. The Morgan fingerprint density at radius 3 is 2.74 bits per heavy atom. The number of fused-ring (bicyclic) bond motifs is 1. The molecule has 0 unspecified atom stereocenters. The van der Waals surface area contributed by atoms with Gasteiger partial charge in [-0.1, -0.05) is 41.6 Å². The summed E-state index contributed by atoms with van der Waals surface area (Å²) in [5.74, 6) is -1.30. The Labute approximate surface area is 130 Å². The number of anilines is 1. The fourth-order valence-electron chi connectivity index (χ4n) is 2.07. The van der Waals surface area contributed by atoms with Crippen LogP contribution in [0.25, 0.3) is 0 Å². The molecule has 0 saturated carbocycles. The van der Waals surface area contributed by atoms with Crippen LogP contribution in [0.3, 0.4) is 0 Å². The highest BCUT2D eigenvalue weighted by molar-refractivity contribution is 6.44. The number of ether oxygens (including phenoxy) is 1. The monoisotopic (exact) mass is 314 g/mol. The molecule has 3 rings (SSSR count). The first-order valence-corrected chi connectivity index (χ1v) is 6.71. The number of hydrogen-bond acceptors (Lipinski definition) is 5. The number of carbonyl (C=O) groups is 2. The zero-order valence-electron chi connectivity index (χ0n) is 11.8. The van der Waals surface area contributed by atoms with Gasteiger partial charge >= 0.3 is 12.1 Å². The van der Waals surface area contributed by atoms with Gasteiger partial charge in [-0.3, -0.25) is 10.2 Å². The van der Waals surface area contributed by atoms with Crippen LogP contribution >= 0.6 is 0 Å². The molecule has 6 nitrogen and oxygen atoms in total. The summed E-state index contributed by atoms with van der Waals surface area (Å²) < 4.78 is 18.4. The van der Waals surface area contributed by atoms with E-state index in [1.54, 1.807) is 30.3 Å². The second kappa shape index (κ2) is 6.27. The van der Waals surface area contributed by atoms with Crippen molar-refractivity contribution >= 4 is 23.5 Å². The van der Waals surface area contributed by atoms with Crippen LogP contribution in [0.4, 0.5) is 14.9 Å². The first kappa shape index (κ1) is 14.7. The summed E-state index contributed by atoms with van der Waals surface area (Å²) in [5.41, 5.74) is 1.12. The molecule has 23 heavy (non-hydrogen) atoms. The summed E-state index contributed by atoms with van der Waals surface area (Å²) in [6.07, 6.45) is -1.02. The molecule has 2 aromatic carbocycles. The number of oxime groups is 1. The van der Waals surface area contributed by atoms with Crippen molar-refractivity contribution in [1.29, 1.82) is 0 Å². The normalized spacial score (nSPS) is 14.8. The molecule has 0 radical (unpaired) electrons. The summed E-state index contributed by atoms with van der Waals surface area (Å²) in [7, 11) is 0. The minimum Gasteiger partial charge on any atom is -0.456 e. The molecule has 2 aromatic rings. The van der Waals surface area contributed by atoms with Crippen molar-refractivity contribution < 1.29 is 23.6 Å². The lowest BCUT2D eigenvalue weighted by molar-refractivity contribution is -0.137. The average molecular weight is 314 g/mol. The van der Waals surface area contributed by atoms with E-state index in [0.29, 0.717) is 5.56 Å². The molecule has 1 aliphatic heterocycles. The largest absolute Gasteiger partial charge is 0.456 e. The Morgan fingerprint density at radius 1 is 1.17 bits per heavy atom. The van der Waals surface area contributed by atoms with Crippen LogP contribution in [-0.2, 0) is 21.0 Å². The molecule has 1 N–H and O–H groups in total. The van der Waals surface area contributed by atoms with Crippen molar-refractivity contribution in [3.05, 3.63) is 65.5 Å². The molecule has 1 heterocycles. The maximum Gasteiger partial charge on any atom is 0.437 e. The first-order valence-electron chi connectivity index (χ1n) is 6.71. The summed E-state index contributed by atoms with van der Waals surface area (Å²) in [4.78, 5) is 28.1. The van der Waals surface area contributed by atoms with Crippen molar-refractivity contribution in [2.75, 3.05) is 5.32 Å². The Kier molecular flexibility index (Phi) is 4.01. The molecule has 0 spiro atoms. The number of cyclic esters (lactones) is 1. The van der Waals surface area contributed by atoms with E-state index in [-0.39, 0.29) is 18.0 Å². The Hall–Kier alpha value is -3.22. The Bertz CT molecular complexity index is 804. The lowest BCUT2D eigenvalue weighted by Crippen LogP contribution is -2.26. The van der Waals surface area contributed by atoms with Crippen molar-refractivity contribution in [2.24, 2.45) is 5.16 Å². The smallest absolute Gasteiger partial charge is 0.437 e. The molecular weight excluding hydrogens is 303 g/mol. The maximum atomic E-state index is 13.4. The standard InChI is InChI=1S/C16H11FN2O4/c17-12-7-3-4-8-13(12)18-16(21)23-19-14-11-6-2-1-5-10(11)9-22-15(14)20/h1-8H,9H2,(H,18,21)/b19-14+. The molecule has 0 bridgehead atoms. The summed E-state index contributed by atoms with van der Waals surface area (Å²) in [6, 6.07) is 12.6. The van der Waals surface area contributed by atoms with Crippen LogP contribution in [0.2, 0.25) is 0 Å². The number of para-hydroxylation sites is 1. The van der Waals surface area contributed by atoms with E-state index in [0.717, 1.165) is 5.56 Å². The van der Waals surface area contributed by atoms with Crippen molar-refractivity contribution in [1.82, 2.24) is 0 Å². The highest BCUT2D eigenvalue weighted by Crippen LogP contribution is 2.18. The number of nitrogens with one attached hydrogen (secondary N) is 1. The number of hydrogen-bond donors (Lipinski definition) is 1. The van der Waals surface area contributed by atoms with Gasteiger partial charge in [-0.25, -0.2) is 14.0 Å². The Morgan fingerprint density at radius 2 is 1.91 bits per heavy atom. The van der Waals surface area contributed by atoms with Gasteiger partial charge in [0.15, 0.2) is 5.71 Å². The minimum atomic E-state index is -1.02. The van der Waals surface area contributed by atoms with Gasteiger partial charge in [0, 0.05) is 5.56 Å². The maximum absolute atomic E-state index is 13.4. The highest BCUT2D eigenvalue weighted by Gasteiger charge is 2.25. The van der Waals surface area contributed by atoms with Gasteiger partial charge in [-0.2, -0.15) is 0 Å². The molecule has 0 aromatic heterocycles. The van der Waals surface area contributed by atoms with Crippen LogP contribution in [0.1, 0.15) is 11.1 Å². The van der Waals surface area contributed by atoms with Gasteiger partial charge in [-0.15, -0.1) is 0 Å². The number of benzene rings is 2. The molecule has 0 aliphatic carbocycles. The van der Waals surface area contributed by atoms with Gasteiger partial charge in [-0.05, 0) is 17.7 Å². The van der Waals surface area contributed by atoms with Crippen LogP contribution in [0, 0.1) is 5.82 Å². The van der Waals surface area contributed by atoms with Crippen molar-refractivity contribution in [3.8, 4) is 0 Å². The SMILES string of the molecule is O=C(Nc1ccccc1F)O/N=C1/C(=O)OCc2ccccc21. The molecular formula is C16H11FN2O4. The predicted octanol–water partition coefficient (Wildman–Crippen LogP) is 2.84. The number of amides is 1. The minimum absolute atomic E-state index is 0.0516. The number of halogens is 1. The van der Waals surface area contributed by atoms with E-state index in [1.165, 1.54) is 18.2 Å². The molecule has 0 fully saturated rings. The number of carbonyl (C=O) groups excluding carboxylic acids is 2. The molecule has 1 aliphatic rings. The Balaban J connectivity index is 1.76. The van der Waals surface area contributed by atoms with E-state index in [9.17, 15) is 14.0 Å². The van der Waals surface area contributed by atoms with E-state index in [4.69, 9.17) is 4.74 Å². The number of rotatable bonds is 2. The van der Waals surface area contributed by atoms with Crippen LogP contribution in [0.5, 0.6) is 0 Å². The summed E-state index contributed by atoms with van der Waals surface area (Å²) in [5, 5.41) is 5.73. The molecule has 0 saturated heterocycles. The molecule has 0 atom stereocenters. The summed E-state index contributed by atoms with van der Waals surface area (Å²) in [6.45, 7) is 0.134. The van der Waals surface area contributed by atoms with E-state index in [1.807, 2.05) is 0 Å². The van der Waals surface area contributed by atoms with E-state index < -0.39 is 17.9 Å². The zero-order chi connectivity index (χ0) is 16.2. The lowest BCUT2D eigenvalue weighted by atomic mass is 10.0. The molecule has 116 valence electrons. The van der Waals surface area contributed by atoms with Gasteiger partial charge in [0.25, 0.3) is 0 Å². The second-order valence-corrected chi connectivity index (χ2v) is 4.66. The fourth-order valence-corrected chi connectivity index (χ4v) is 2.07. The van der Waals surface area contributed by atoms with Gasteiger partial charge in [0.05, 0.1) is 5.69 Å². The third kappa shape index (κ3) is 3.18. The predicted molar refractivity (Wildman–Crippen MR) is 79.3 cm³/mol. The van der Waals surface area contributed by atoms with Crippen LogP contribution in [-0.4, -0.2) is 17.8 Å². The number of nitrogens with zero attached hydrogens (tertiary/aromatic N) is 1. The lowest BCUT2D eigenvalue weighted by Gasteiger charge is -2.16. The molecule has 1 amide bonds. The van der Waals surface area contributed by atoms with Crippen molar-refractivity contribution in [3.63, 3.8) is 0 Å². The van der Waals surface area contributed by atoms with Gasteiger partial charge in [0.1, 0.15) is 12.4 Å². The third-order valence-electron chi connectivity index (χ3n) is 3.16. The average Bonchev–Trinajstić information content (AvgIpc) is 2.56. The van der Waals surface area contributed by atoms with Crippen molar-refractivity contribution in [2.45, 2.75) is 6.61 Å². The topological polar surface area (TPSA) is 77.0 Å².